The maximum atomic E-state index is 12.7. The molecule has 2 aromatic heterocycles. The van der Waals surface area contributed by atoms with Crippen molar-refractivity contribution in [3.05, 3.63) is 52.8 Å². The summed E-state index contributed by atoms with van der Waals surface area (Å²) < 4.78 is 10.6. The van der Waals surface area contributed by atoms with E-state index in [2.05, 4.69) is 22.2 Å². The van der Waals surface area contributed by atoms with Crippen LogP contribution in [0.4, 0.5) is 5.69 Å². The van der Waals surface area contributed by atoms with Crippen LogP contribution in [-0.2, 0) is 6.42 Å². The molecule has 0 aliphatic carbocycles. The highest BCUT2D eigenvalue weighted by atomic mass is 32.1. The van der Waals surface area contributed by atoms with Crippen molar-refractivity contribution < 1.29 is 14.3 Å². The van der Waals surface area contributed by atoms with Crippen molar-refractivity contribution in [2.24, 2.45) is 0 Å². The van der Waals surface area contributed by atoms with Crippen LogP contribution in [0.3, 0.4) is 0 Å². The molecule has 6 nitrogen and oxygen atoms in total. The van der Waals surface area contributed by atoms with Gasteiger partial charge < -0.3 is 14.8 Å². The Kier molecular flexibility index (Phi) is 4.77. The smallest absolute Gasteiger partial charge is 0.267 e. The Morgan fingerprint density at radius 2 is 2.07 bits per heavy atom. The number of rotatable bonds is 5. The second-order valence-electron chi connectivity index (χ2n) is 6.24. The Morgan fingerprint density at radius 1 is 1.22 bits per heavy atom. The van der Waals surface area contributed by atoms with E-state index in [0.29, 0.717) is 27.8 Å². The topological polar surface area (TPSA) is 73.3 Å². The molecule has 7 heteroatoms. The van der Waals surface area contributed by atoms with E-state index in [0.717, 1.165) is 29.1 Å². The Labute approximate surface area is 161 Å². The van der Waals surface area contributed by atoms with E-state index in [1.54, 1.807) is 24.4 Å². The lowest BCUT2D eigenvalue weighted by molar-refractivity contribution is 0.103. The van der Waals surface area contributed by atoms with Crippen molar-refractivity contribution in [3.8, 4) is 22.1 Å². The van der Waals surface area contributed by atoms with E-state index in [-0.39, 0.29) is 12.7 Å². The number of hydrogen-bond donors (Lipinski definition) is 1. The number of nitrogens with zero attached hydrogens (tertiary/aromatic N) is 2. The molecule has 1 aromatic carbocycles. The summed E-state index contributed by atoms with van der Waals surface area (Å²) in [6.45, 7) is 4.18. The Bertz CT molecular complexity index is 1000. The zero-order chi connectivity index (χ0) is 18.8. The number of nitrogens with one attached hydrogen (secondary N) is 1. The second-order valence-corrected chi connectivity index (χ2v) is 7.24. The molecule has 3 heterocycles. The van der Waals surface area contributed by atoms with Crippen molar-refractivity contribution in [3.63, 3.8) is 0 Å². The van der Waals surface area contributed by atoms with Crippen LogP contribution in [0.25, 0.3) is 10.6 Å². The van der Waals surface area contributed by atoms with Crippen molar-refractivity contribution in [1.82, 2.24) is 9.97 Å². The minimum absolute atomic E-state index is 0.182. The monoisotopic (exact) mass is 381 g/mol. The van der Waals surface area contributed by atoms with Gasteiger partial charge in [0.05, 0.1) is 5.69 Å². The predicted molar refractivity (Wildman–Crippen MR) is 105 cm³/mol. The predicted octanol–water partition coefficient (Wildman–Crippen LogP) is 4.45. The Morgan fingerprint density at radius 3 is 2.93 bits per heavy atom. The molecule has 0 radical (unpaired) electrons. The summed E-state index contributed by atoms with van der Waals surface area (Å²) in [4.78, 5) is 22.3. The number of aromatic nitrogens is 2. The van der Waals surface area contributed by atoms with E-state index in [1.165, 1.54) is 11.3 Å². The zero-order valence-electron chi connectivity index (χ0n) is 15.1. The third-order valence-electron chi connectivity index (χ3n) is 4.20. The molecule has 1 N–H and O–H groups in total. The lowest BCUT2D eigenvalue weighted by Crippen LogP contribution is -2.11. The maximum Gasteiger partial charge on any atom is 0.267 e. The molecule has 1 aliphatic rings. The number of amides is 1. The average molecular weight is 381 g/mol. The van der Waals surface area contributed by atoms with Gasteiger partial charge in [-0.25, -0.2) is 4.98 Å². The first-order valence-corrected chi connectivity index (χ1v) is 9.59. The zero-order valence-corrected chi connectivity index (χ0v) is 15.9. The van der Waals surface area contributed by atoms with Crippen LogP contribution in [0, 0.1) is 6.92 Å². The van der Waals surface area contributed by atoms with Crippen molar-refractivity contribution >= 4 is 22.9 Å². The Balaban J connectivity index is 1.56. The third kappa shape index (κ3) is 3.64. The molecule has 0 atom stereocenters. The lowest BCUT2D eigenvalue weighted by atomic mass is 10.2. The fourth-order valence-corrected chi connectivity index (χ4v) is 3.85. The molecule has 138 valence electrons. The molecule has 0 saturated carbocycles. The number of aryl methyl sites for hydroxylation is 2. The average Bonchev–Trinajstić information content (AvgIpc) is 3.28. The standard InChI is InChI=1S/C20H19N3O3S/c1-3-4-14-9-13(7-8-21-14)20-22-12(2)18(27-20)19(24)23-15-5-6-16-17(10-15)26-11-25-16/h5-10H,3-4,11H2,1-2H3,(H,23,24). The molecule has 0 unspecified atom stereocenters. The summed E-state index contributed by atoms with van der Waals surface area (Å²) in [7, 11) is 0. The third-order valence-corrected chi connectivity index (χ3v) is 5.41. The summed E-state index contributed by atoms with van der Waals surface area (Å²) in [5.41, 5.74) is 3.40. The summed E-state index contributed by atoms with van der Waals surface area (Å²) >= 11 is 1.39. The van der Waals surface area contributed by atoms with Gasteiger partial charge in [0.15, 0.2) is 11.5 Å². The molecule has 1 aliphatic heterocycles. The minimum atomic E-state index is -0.182. The molecule has 27 heavy (non-hydrogen) atoms. The number of ether oxygens (including phenoxy) is 2. The van der Waals surface area contributed by atoms with E-state index in [1.807, 2.05) is 19.1 Å². The molecule has 4 rings (SSSR count). The quantitative estimate of drug-likeness (QED) is 0.707. The number of hydrogen-bond acceptors (Lipinski definition) is 6. The highest BCUT2D eigenvalue weighted by molar-refractivity contribution is 7.17. The van der Waals surface area contributed by atoms with E-state index < -0.39 is 0 Å². The number of carbonyl (C=O) groups is 1. The number of fused-ring (bicyclic) bond motifs is 1. The first kappa shape index (κ1) is 17.5. The largest absolute Gasteiger partial charge is 0.454 e. The molecule has 3 aromatic rings. The number of pyridine rings is 1. The van der Waals surface area contributed by atoms with Crippen LogP contribution in [0.5, 0.6) is 11.5 Å². The summed E-state index contributed by atoms with van der Waals surface area (Å²) in [6, 6.07) is 9.31. The molecule has 0 bridgehead atoms. The van der Waals surface area contributed by atoms with Gasteiger partial charge in [-0.05, 0) is 37.6 Å². The van der Waals surface area contributed by atoms with Gasteiger partial charge in [-0.2, -0.15) is 0 Å². The van der Waals surface area contributed by atoms with Gasteiger partial charge in [-0.1, -0.05) is 13.3 Å². The minimum Gasteiger partial charge on any atom is -0.454 e. The van der Waals surface area contributed by atoms with E-state index >= 15 is 0 Å². The van der Waals surface area contributed by atoms with Crippen LogP contribution < -0.4 is 14.8 Å². The van der Waals surface area contributed by atoms with Gasteiger partial charge in [-0.3, -0.25) is 9.78 Å². The number of anilines is 1. The first-order chi connectivity index (χ1) is 13.1. The normalized spacial score (nSPS) is 12.2. The van der Waals surface area contributed by atoms with E-state index in [9.17, 15) is 4.79 Å². The first-order valence-electron chi connectivity index (χ1n) is 8.78. The molecule has 0 spiro atoms. The highest BCUT2D eigenvalue weighted by Crippen LogP contribution is 2.35. The van der Waals surface area contributed by atoms with E-state index in [4.69, 9.17) is 9.47 Å². The van der Waals surface area contributed by atoms with Gasteiger partial charge in [0.1, 0.15) is 9.88 Å². The fraction of sp³-hybridized carbons (Fsp3) is 0.250. The van der Waals surface area contributed by atoms with Crippen LogP contribution in [0.1, 0.15) is 34.4 Å². The number of benzene rings is 1. The lowest BCUT2D eigenvalue weighted by Gasteiger charge is -2.05. The maximum absolute atomic E-state index is 12.7. The van der Waals surface area contributed by atoms with Gasteiger partial charge in [-0.15, -0.1) is 11.3 Å². The van der Waals surface area contributed by atoms with Gasteiger partial charge in [0, 0.05) is 29.2 Å². The van der Waals surface area contributed by atoms with Gasteiger partial charge in [0.2, 0.25) is 6.79 Å². The molecule has 0 fully saturated rings. The van der Waals surface area contributed by atoms with Crippen LogP contribution in [0.2, 0.25) is 0 Å². The second kappa shape index (κ2) is 7.36. The summed E-state index contributed by atoms with van der Waals surface area (Å²) in [6.07, 6.45) is 3.76. The molecular weight excluding hydrogens is 362 g/mol. The van der Waals surface area contributed by atoms with Gasteiger partial charge in [0.25, 0.3) is 5.91 Å². The van der Waals surface area contributed by atoms with Crippen LogP contribution in [-0.4, -0.2) is 22.7 Å². The van der Waals surface area contributed by atoms with Crippen molar-refractivity contribution in [1.29, 1.82) is 0 Å². The Hall–Kier alpha value is -2.93. The molecular formula is C20H19N3O3S. The van der Waals surface area contributed by atoms with Crippen molar-refractivity contribution in [2.45, 2.75) is 26.7 Å². The van der Waals surface area contributed by atoms with Crippen LogP contribution in [0.15, 0.2) is 36.5 Å². The van der Waals surface area contributed by atoms with Crippen LogP contribution >= 0.6 is 11.3 Å². The highest BCUT2D eigenvalue weighted by Gasteiger charge is 2.19. The number of carbonyl (C=O) groups excluding carboxylic acids is 1. The fourth-order valence-electron chi connectivity index (χ4n) is 2.90. The van der Waals surface area contributed by atoms with Crippen molar-refractivity contribution in [2.75, 3.05) is 12.1 Å². The SMILES string of the molecule is CCCc1cc(-c2nc(C)c(C(=O)Nc3ccc4c(c3)OCO4)s2)ccn1. The number of thiazole rings is 1. The molecule has 1 amide bonds. The summed E-state index contributed by atoms with van der Waals surface area (Å²) in [5, 5.41) is 3.73. The van der Waals surface area contributed by atoms with Gasteiger partial charge >= 0.3 is 0 Å². The summed E-state index contributed by atoms with van der Waals surface area (Å²) in [5.74, 6) is 1.14. The molecule has 0 saturated heterocycles.